The van der Waals surface area contributed by atoms with Crippen LogP contribution in [0.4, 0.5) is 11.6 Å². The summed E-state index contributed by atoms with van der Waals surface area (Å²) in [6.07, 6.45) is 2.20. The number of nitrogens with two attached hydrogens (primary N) is 1. The largest absolute Gasteiger partial charge is 0.368 e. The molecule has 0 bridgehead atoms. The van der Waals surface area contributed by atoms with Crippen molar-refractivity contribution >= 4 is 51.9 Å². The summed E-state index contributed by atoms with van der Waals surface area (Å²) >= 11 is 3.59. The Morgan fingerprint density at radius 1 is 1.38 bits per heavy atom. The first-order valence-corrected chi connectivity index (χ1v) is 8.58. The van der Waals surface area contributed by atoms with Gasteiger partial charge in [-0.3, -0.25) is 9.36 Å². The van der Waals surface area contributed by atoms with Crippen LogP contribution in [0.25, 0.3) is 0 Å². The van der Waals surface area contributed by atoms with Crippen LogP contribution in [0.1, 0.15) is 18.9 Å². The number of anilines is 2. The molecule has 0 atom stereocenters. The normalized spacial score (nSPS) is 14.1. The number of nitrogens with one attached hydrogen (secondary N) is 1. The molecule has 1 amide bonds. The number of nitrogen functional groups attached to an aromatic ring is 1. The highest BCUT2D eigenvalue weighted by Gasteiger charge is 2.29. The monoisotopic (exact) mass is 415 g/mol. The molecule has 21 heavy (non-hydrogen) atoms. The average molecular weight is 415 g/mol. The van der Waals surface area contributed by atoms with Crippen molar-refractivity contribution in [2.75, 3.05) is 16.8 Å². The molecule has 0 saturated heterocycles. The molecule has 1 aliphatic rings. The summed E-state index contributed by atoms with van der Waals surface area (Å²) in [5.41, 5.74) is 6.60. The Labute approximate surface area is 140 Å². The number of hydrogen-bond acceptors (Lipinski definition) is 5. The summed E-state index contributed by atoms with van der Waals surface area (Å²) < 4.78 is 3.05. The van der Waals surface area contributed by atoms with Gasteiger partial charge in [-0.15, -0.1) is 10.2 Å². The fourth-order valence-electron chi connectivity index (χ4n) is 1.92. The number of aromatic nitrogens is 3. The van der Waals surface area contributed by atoms with E-state index in [1.807, 2.05) is 28.8 Å². The van der Waals surface area contributed by atoms with E-state index in [1.165, 1.54) is 11.8 Å². The number of halogens is 1. The fourth-order valence-corrected chi connectivity index (χ4v) is 3.10. The number of amides is 1. The number of rotatable bonds is 5. The van der Waals surface area contributed by atoms with Gasteiger partial charge >= 0.3 is 0 Å². The molecular formula is C13H14IN5OS. The van der Waals surface area contributed by atoms with Crippen LogP contribution in [0.15, 0.2) is 29.4 Å². The summed E-state index contributed by atoms with van der Waals surface area (Å²) in [6.45, 7) is 0. The quantitative estimate of drug-likeness (QED) is 0.579. The van der Waals surface area contributed by atoms with Gasteiger partial charge in [-0.25, -0.2) is 0 Å². The first-order chi connectivity index (χ1) is 10.1. The third-order valence-corrected chi connectivity index (χ3v) is 4.73. The fraction of sp³-hybridized carbons (Fsp3) is 0.308. The third kappa shape index (κ3) is 3.67. The van der Waals surface area contributed by atoms with Gasteiger partial charge in [-0.05, 0) is 59.7 Å². The molecule has 6 nitrogen and oxygen atoms in total. The van der Waals surface area contributed by atoms with Gasteiger partial charge in [0.05, 0.1) is 5.75 Å². The second-order valence-electron chi connectivity index (χ2n) is 4.79. The zero-order valence-corrected chi connectivity index (χ0v) is 14.1. The van der Waals surface area contributed by atoms with Crippen molar-refractivity contribution in [1.82, 2.24) is 14.8 Å². The highest BCUT2D eigenvalue weighted by molar-refractivity contribution is 14.1. The van der Waals surface area contributed by atoms with Crippen molar-refractivity contribution < 1.29 is 4.79 Å². The zero-order chi connectivity index (χ0) is 14.8. The minimum absolute atomic E-state index is 0.0647. The van der Waals surface area contributed by atoms with Gasteiger partial charge in [-0.2, -0.15) is 0 Å². The van der Waals surface area contributed by atoms with Crippen molar-refractivity contribution in [2.24, 2.45) is 0 Å². The maximum absolute atomic E-state index is 12.0. The molecule has 2 aromatic rings. The van der Waals surface area contributed by atoms with Crippen LogP contribution in [-0.2, 0) is 4.79 Å². The molecule has 8 heteroatoms. The summed E-state index contributed by atoms with van der Waals surface area (Å²) in [4.78, 5) is 12.0. The molecule has 3 rings (SSSR count). The second kappa shape index (κ2) is 6.22. The Hall–Kier alpha value is -1.29. The van der Waals surface area contributed by atoms with Crippen molar-refractivity contribution in [3.63, 3.8) is 0 Å². The lowest BCUT2D eigenvalue weighted by Crippen LogP contribution is -2.14. The van der Waals surface area contributed by atoms with Gasteiger partial charge in [0.25, 0.3) is 0 Å². The second-order valence-corrected chi connectivity index (χ2v) is 6.97. The van der Waals surface area contributed by atoms with Gasteiger partial charge in [0.1, 0.15) is 0 Å². The van der Waals surface area contributed by atoms with Gasteiger partial charge in [0, 0.05) is 15.3 Å². The summed E-state index contributed by atoms with van der Waals surface area (Å²) in [5.74, 6) is 0.653. The summed E-state index contributed by atoms with van der Waals surface area (Å²) in [6, 6.07) is 8.08. The van der Waals surface area contributed by atoms with Crippen LogP contribution >= 0.6 is 34.4 Å². The third-order valence-electron chi connectivity index (χ3n) is 3.06. The van der Waals surface area contributed by atoms with E-state index < -0.39 is 0 Å². The average Bonchev–Trinajstić information content (AvgIpc) is 3.23. The lowest BCUT2D eigenvalue weighted by atomic mass is 10.3. The Kier molecular flexibility index (Phi) is 4.34. The van der Waals surface area contributed by atoms with Crippen LogP contribution in [0.2, 0.25) is 0 Å². The number of nitrogens with zero attached hydrogens (tertiary/aromatic N) is 3. The highest BCUT2D eigenvalue weighted by Crippen LogP contribution is 2.39. The molecule has 0 aliphatic heterocycles. The highest BCUT2D eigenvalue weighted by atomic mass is 127. The molecule has 3 N–H and O–H groups in total. The number of carbonyl (C=O) groups excluding carboxylic acids is 1. The van der Waals surface area contributed by atoms with Gasteiger partial charge < -0.3 is 11.1 Å². The predicted molar refractivity (Wildman–Crippen MR) is 91.2 cm³/mol. The SMILES string of the molecule is Nc1nnc(SCC(=O)Nc2ccc(I)cc2)n1C1CC1. The maximum Gasteiger partial charge on any atom is 0.234 e. The van der Waals surface area contributed by atoms with Gasteiger partial charge in [0.15, 0.2) is 5.16 Å². The topological polar surface area (TPSA) is 85.8 Å². The van der Waals surface area contributed by atoms with E-state index in [4.69, 9.17) is 5.73 Å². The molecule has 0 radical (unpaired) electrons. The molecule has 1 aromatic heterocycles. The Morgan fingerprint density at radius 3 is 2.76 bits per heavy atom. The summed E-state index contributed by atoms with van der Waals surface area (Å²) in [5, 5.41) is 11.5. The lowest BCUT2D eigenvalue weighted by molar-refractivity contribution is -0.113. The standard InChI is InChI=1S/C13H14IN5OS/c14-8-1-3-9(4-2-8)16-11(20)7-21-13-18-17-12(15)19(13)10-5-6-10/h1-4,10H,5-7H2,(H2,15,17)(H,16,20). The van der Waals surface area contributed by atoms with Crippen LogP contribution < -0.4 is 11.1 Å². The molecule has 110 valence electrons. The molecular weight excluding hydrogens is 401 g/mol. The van der Waals surface area contributed by atoms with Crippen LogP contribution in [-0.4, -0.2) is 26.4 Å². The van der Waals surface area contributed by atoms with Crippen molar-refractivity contribution in [2.45, 2.75) is 24.0 Å². The molecule has 0 spiro atoms. The van der Waals surface area contributed by atoms with Crippen molar-refractivity contribution in [3.8, 4) is 0 Å². The number of carbonyl (C=O) groups is 1. The molecule has 1 heterocycles. The van der Waals surface area contributed by atoms with E-state index in [-0.39, 0.29) is 11.7 Å². The first kappa shape index (κ1) is 14.6. The Balaban J connectivity index is 1.57. The van der Waals surface area contributed by atoms with Crippen LogP contribution in [0.3, 0.4) is 0 Å². The minimum atomic E-state index is -0.0647. The van der Waals surface area contributed by atoms with Gasteiger partial charge in [-0.1, -0.05) is 11.8 Å². The predicted octanol–water partition coefficient (Wildman–Crippen LogP) is 2.53. The molecule has 1 aliphatic carbocycles. The smallest absolute Gasteiger partial charge is 0.234 e. The van der Waals surface area contributed by atoms with Crippen LogP contribution in [0, 0.1) is 3.57 Å². The van der Waals surface area contributed by atoms with E-state index in [9.17, 15) is 4.79 Å². The minimum Gasteiger partial charge on any atom is -0.368 e. The Morgan fingerprint density at radius 2 is 2.10 bits per heavy atom. The maximum atomic E-state index is 12.0. The van der Waals surface area contributed by atoms with Crippen molar-refractivity contribution in [3.05, 3.63) is 27.8 Å². The molecule has 1 fully saturated rings. The number of hydrogen-bond donors (Lipinski definition) is 2. The molecule has 1 aromatic carbocycles. The van der Waals surface area contributed by atoms with Gasteiger partial charge in [0.2, 0.25) is 11.9 Å². The number of thioether (sulfide) groups is 1. The lowest BCUT2D eigenvalue weighted by Gasteiger charge is -2.07. The molecule has 0 unspecified atom stereocenters. The molecule has 1 saturated carbocycles. The van der Waals surface area contributed by atoms with E-state index in [0.29, 0.717) is 17.1 Å². The summed E-state index contributed by atoms with van der Waals surface area (Å²) in [7, 11) is 0. The Bertz CT molecular complexity index is 653. The first-order valence-electron chi connectivity index (χ1n) is 6.52. The van der Waals surface area contributed by atoms with E-state index >= 15 is 0 Å². The van der Waals surface area contributed by atoms with Crippen molar-refractivity contribution in [1.29, 1.82) is 0 Å². The van der Waals surface area contributed by atoms with E-state index in [0.717, 1.165) is 22.1 Å². The number of benzene rings is 1. The van der Waals surface area contributed by atoms with Crippen LogP contribution in [0.5, 0.6) is 0 Å². The zero-order valence-electron chi connectivity index (χ0n) is 11.1. The van der Waals surface area contributed by atoms with E-state index in [2.05, 4.69) is 38.1 Å². The van der Waals surface area contributed by atoms with E-state index in [1.54, 1.807) is 0 Å².